The Morgan fingerprint density at radius 3 is 0.651 bits per heavy atom. The summed E-state index contributed by atoms with van der Waals surface area (Å²) in [7, 11) is 0. The van der Waals surface area contributed by atoms with E-state index in [4.69, 9.17) is 14.2 Å². The van der Waals surface area contributed by atoms with Crippen molar-refractivity contribution in [3.63, 3.8) is 0 Å². The minimum absolute atomic E-state index is 0. The van der Waals surface area contributed by atoms with Crippen LogP contribution in [0.4, 0.5) is 0 Å². The van der Waals surface area contributed by atoms with Crippen LogP contribution in [0.1, 0.15) is 220 Å². The van der Waals surface area contributed by atoms with Gasteiger partial charge in [0.1, 0.15) is 51.2 Å². The van der Waals surface area contributed by atoms with Gasteiger partial charge in [0.05, 0.1) is 17.9 Å². The van der Waals surface area contributed by atoms with Gasteiger partial charge >= 0.3 is 52.6 Å². The normalized spacial score (nSPS) is 11.7. The number of carbonyl (C=O) groups is 6. The molecule has 6 aromatic carbocycles. The number of carbonyl (C=O) groups excluding carboxylic acids is 3. The van der Waals surface area contributed by atoms with Gasteiger partial charge in [-0.2, -0.15) is 0 Å². The molecule has 20 heteroatoms. The monoisotopic (exact) mass is 1210 g/mol. The molecule has 0 aliphatic rings. The molecule has 0 unspecified atom stereocenters. The fourth-order valence-electron chi connectivity index (χ4n) is 8.33. The van der Waals surface area contributed by atoms with Crippen LogP contribution < -0.4 is 44.8 Å². The molecule has 0 saturated carbocycles. The molecule has 0 bridgehead atoms. The minimum Gasteiger partial charge on any atom is -0.870 e. The molecule has 3 N–H and O–H groups in total. The van der Waals surface area contributed by atoms with Crippen LogP contribution in [-0.2, 0) is 32.5 Å². The standard InChI is InChI=1S/3C22H26O6.2Al/c3*1-21(2,3)12-7-8-13(19(24)25)16(11-12)28-18-14(20(26)27)9-10-15(17(18)23)22(4,5)6;;/h3*7-11,23H,1-6H3,(H,24,25)(H,26,27);;/q;;;2*+3/p-6. The van der Waals surface area contributed by atoms with E-state index in [2.05, 4.69) is 0 Å². The maximum Gasteiger partial charge on any atom is 3.00 e. The molecule has 0 fully saturated rings. The Kier molecular flexibility index (Phi) is 23.8. The van der Waals surface area contributed by atoms with E-state index in [-0.39, 0.29) is 84.9 Å². The topological polar surface area (TPSA) is 329 Å². The molecular formula is C66H72Al2O18. The summed E-state index contributed by atoms with van der Waals surface area (Å²) in [6, 6.07) is 21.8. The van der Waals surface area contributed by atoms with E-state index < -0.39 is 103 Å². The van der Waals surface area contributed by atoms with Crippen molar-refractivity contribution < 1.29 is 88.9 Å². The number of rotatable bonds is 12. The number of hydrogen-bond acceptors (Lipinski definition) is 15. The third-order valence-electron chi connectivity index (χ3n) is 13.3. The maximum atomic E-state index is 12.9. The molecule has 0 aliphatic carbocycles. The molecule has 86 heavy (non-hydrogen) atoms. The quantitative estimate of drug-likeness (QED) is 0.0963. The average molecular weight is 1210 g/mol. The first-order valence-corrected chi connectivity index (χ1v) is 26.5. The summed E-state index contributed by atoms with van der Waals surface area (Å²) in [6.45, 7) is 33.8. The Bertz CT molecular complexity index is 3170. The first-order valence-electron chi connectivity index (χ1n) is 26.5. The number of ether oxygens (including phenoxy) is 3. The van der Waals surface area contributed by atoms with Crippen molar-refractivity contribution in [2.24, 2.45) is 0 Å². The summed E-state index contributed by atoms with van der Waals surface area (Å²) >= 11 is 0. The van der Waals surface area contributed by atoms with E-state index >= 15 is 0 Å². The fourth-order valence-corrected chi connectivity index (χ4v) is 8.33. The van der Waals surface area contributed by atoms with Gasteiger partial charge in [-0.3, -0.25) is 0 Å². The van der Waals surface area contributed by atoms with E-state index in [0.717, 1.165) is 16.7 Å². The number of carboxylic acid groups (broad SMARTS) is 6. The molecule has 0 aromatic heterocycles. The van der Waals surface area contributed by atoms with Crippen LogP contribution >= 0.6 is 0 Å². The molecule has 0 atom stereocenters. The van der Waals surface area contributed by atoms with Gasteiger partial charge in [-0.1, -0.05) is 178 Å². The minimum atomic E-state index is -1.57. The molecule has 0 aliphatic heterocycles. The van der Waals surface area contributed by atoms with Gasteiger partial charge in [-0.05, 0) is 120 Å². The first-order chi connectivity index (χ1) is 38.2. The number of carboxylic acids is 6. The molecular weight excluding hydrogens is 1130 g/mol. The summed E-state index contributed by atoms with van der Waals surface area (Å²) in [5.74, 6) is -11.9. The predicted molar refractivity (Wildman–Crippen MR) is 315 cm³/mol. The molecule has 450 valence electrons. The zero-order valence-electron chi connectivity index (χ0n) is 51.8. The van der Waals surface area contributed by atoms with Crippen molar-refractivity contribution in [3.8, 4) is 51.7 Å². The SMILES string of the molecule is CC(C)(C)c1ccc(C(=O)O)c(Oc2c(C(=O)[O-])ccc(C(C)(C)C)c2[O-])c1.CC(C)(C)c1ccc(C(=O)O)c(Oc2c(C(=O)[O-])ccc(C(C)(C)C)c2[O-])c1.CC(C)(C)c1ccc(C(=O)O)c(Oc2c(C(=O)[O-])ccc(C(C)(C)C)c2[O-])c1.[Al+3].[Al+3]. The van der Waals surface area contributed by atoms with Crippen LogP contribution in [0.3, 0.4) is 0 Å². The van der Waals surface area contributed by atoms with Crippen LogP contribution in [0.2, 0.25) is 0 Å². The Balaban J connectivity index is 0.000000435. The maximum absolute atomic E-state index is 12.9. The third kappa shape index (κ3) is 18.0. The molecule has 0 heterocycles. The van der Waals surface area contributed by atoms with Gasteiger partial charge in [-0.25, -0.2) is 14.4 Å². The number of hydrogen-bond donors (Lipinski definition) is 3. The summed E-state index contributed by atoms with van der Waals surface area (Å²) < 4.78 is 17.0. The van der Waals surface area contributed by atoms with Crippen molar-refractivity contribution in [2.45, 2.75) is 157 Å². The van der Waals surface area contributed by atoms with Crippen molar-refractivity contribution in [3.05, 3.63) is 158 Å². The Morgan fingerprint density at radius 2 is 0.500 bits per heavy atom. The van der Waals surface area contributed by atoms with E-state index in [1.54, 1.807) is 18.2 Å². The van der Waals surface area contributed by atoms with Gasteiger partial charge in [0.25, 0.3) is 0 Å². The van der Waals surface area contributed by atoms with Crippen molar-refractivity contribution >= 4 is 70.5 Å². The molecule has 6 rings (SSSR count). The van der Waals surface area contributed by atoms with E-state index in [9.17, 15) is 74.7 Å². The van der Waals surface area contributed by atoms with Gasteiger partial charge in [0, 0.05) is 16.7 Å². The fraction of sp³-hybridized carbons (Fsp3) is 0.364. The van der Waals surface area contributed by atoms with Crippen LogP contribution in [0, 0.1) is 0 Å². The Morgan fingerprint density at radius 1 is 0.314 bits per heavy atom. The second-order valence-electron chi connectivity index (χ2n) is 26.2. The molecule has 6 aromatic rings. The molecule has 0 radical (unpaired) electrons. The molecule has 0 amide bonds. The van der Waals surface area contributed by atoms with E-state index in [1.807, 2.05) is 125 Å². The Labute approximate surface area is 523 Å². The van der Waals surface area contributed by atoms with E-state index in [1.165, 1.54) is 72.8 Å². The first kappa shape index (κ1) is 74.1. The van der Waals surface area contributed by atoms with Crippen LogP contribution in [0.25, 0.3) is 0 Å². The van der Waals surface area contributed by atoms with Crippen LogP contribution in [-0.4, -0.2) is 85.9 Å². The Hall–Kier alpha value is -8.00. The van der Waals surface area contributed by atoms with Crippen molar-refractivity contribution in [2.75, 3.05) is 0 Å². The number of aromatic carboxylic acids is 6. The zero-order chi connectivity index (χ0) is 64.3. The van der Waals surface area contributed by atoms with Gasteiger partial charge < -0.3 is 74.6 Å². The molecule has 18 nitrogen and oxygen atoms in total. The van der Waals surface area contributed by atoms with Gasteiger partial charge in [0.2, 0.25) is 0 Å². The average Bonchev–Trinajstić information content (AvgIpc) is 1.90. The number of benzene rings is 6. The zero-order valence-corrected chi connectivity index (χ0v) is 54.1. The van der Waals surface area contributed by atoms with Crippen molar-refractivity contribution in [1.29, 1.82) is 0 Å². The van der Waals surface area contributed by atoms with E-state index in [0.29, 0.717) is 16.7 Å². The predicted octanol–water partition coefficient (Wildman–Crippen LogP) is 8.87. The smallest absolute Gasteiger partial charge is 0.870 e. The van der Waals surface area contributed by atoms with Gasteiger partial charge in [0.15, 0.2) is 0 Å². The molecule has 0 saturated heterocycles. The summed E-state index contributed by atoms with van der Waals surface area (Å²) in [5, 5.41) is 102. The van der Waals surface area contributed by atoms with Gasteiger partial charge in [-0.15, -0.1) is 0 Å². The largest absolute Gasteiger partial charge is 3.00 e. The summed E-state index contributed by atoms with van der Waals surface area (Å²) in [4.78, 5) is 69.4. The van der Waals surface area contributed by atoms with Crippen LogP contribution in [0.15, 0.2) is 91.0 Å². The summed E-state index contributed by atoms with van der Waals surface area (Å²) in [5.41, 5.74) is -0.933. The van der Waals surface area contributed by atoms with Crippen molar-refractivity contribution in [1.82, 2.24) is 0 Å². The second kappa shape index (κ2) is 27.6. The molecule has 0 spiro atoms. The second-order valence-corrected chi connectivity index (χ2v) is 26.2. The third-order valence-corrected chi connectivity index (χ3v) is 13.3. The van der Waals surface area contributed by atoms with Crippen LogP contribution in [0.5, 0.6) is 51.7 Å². The summed E-state index contributed by atoms with van der Waals surface area (Å²) in [6.07, 6.45) is 0.